The Morgan fingerprint density at radius 3 is 1.80 bits per heavy atom. The molecule has 0 spiro atoms. The SMILES string of the molecule is CCC(=O)O[C@@H](C)C(c1ccccc1)c1ccccc1. The lowest BCUT2D eigenvalue weighted by Crippen LogP contribution is -2.23. The van der Waals surface area contributed by atoms with Gasteiger partial charge in [-0.05, 0) is 18.1 Å². The van der Waals surface area contributed by atoms with Crippen LogP contribution in [0.25, 0.3) is 0 Å². The van der Waals surface area contributed by atoms with Crippen LogP contribution in [0.2, 0.25) is 0 Å². The lowest BCUT2D eigenvalue weighted by molar-refractivity contribution is -0.148. The van der Waals surface area contributed by atoms with Crippen LogP contribution >= 0.6 is 0 Å². The third kappa shape index (κ3) is 3.47. The standard InChI is InChI=1S/C18H20O2/c1-3-17(19)20-14(2)18(15-10-6-4-7-11-15)16-12-8-5-9-13-16/h4-14,18H,3H2,1-2H3/t14-/m0/s1. The highest BCUT2D eigenvalue weighted by molar-refractivity contribution is 5.69. The van der Waals surface area contributed by atoms with E-state index in [1.807, 2.05) is 50.2 Å². The molecular formula is C18H20O2. The maximum atomic E-state index is 11.6. The van der Waals surface area contributed by atoms with Crippen LogP contribution in [0.5, 0.6) is 0 Å². The van der Waals surface area contributed by atoms with Crippen molar-refractivity contribution >= 4 is 5.97 Å². The number of carbonyl (C=O) groups is 1. The fourth-order valence-electron chi connectivity index (χ4n) is 2.41. The third-order valence-electron chi connectivity index (χ3n) is 3.39. The van der Waals surface area contributed by atoms with Crippen molar-refractivity contribution in [2.24, 2.45) is 0 Å². The zero-order valence-electron chi connectivity index (χ0n) is 12.0. The van der Waals surface area contributed by atoms with Gasteiger partial charge in [0.15, 0.2) is 0 Å². The highest BCUT2D eigenvalue weighted by Crippen LogP contribution is 2.29. The lowest BCUT2D eigenvalue weighted by Gasteiger charge is -2.25. The number of esters is 1. The van der Waals surface area contributed by atoms with E-state index in [2.05, 4.69) is 24.3 Å². The van der Waals surface area contributed by atoms with Crippen LogP contribution in [0.15, 0.2) is 60.7 Å². The van der Waals surface area contributed by atoms with Crippen LogP contribution in [0.3, 0.4) is 0 Å². The van der Waals surface area contributed by atoms with Gasteiger partial charge in [-0.15, -0.1) is 0 Å². The Hall–Kier alpha value is -2.09. The van der Waals surface area contributed by atoms with E-state index in [0.29, 0.717) is 6.42 Å². The van der Waals surface area contributed by atoms with Crippen molar-refractivity contribution < 1.29 is 9.53 Å². The molecule has 2 aromatic rings. The Bertz CT molecular complexity index is 494. The van der Waals surface area contributed by atoms with Gasteiger partial charge in [0.1, 0.15) is 6.10 Å². The zero-order valence-corrected chi connectivity index (χ0v) is 12.0. The number of hydrogen-bond donors (Lipinski definition) is 0. The molecule has 0 saturated heterocycles. The first-order valence-corrected chi connectivity index (χ1v) is 7.01. The van der Waals surface area contributed by atoms with Gasteiger partial charge >= 0.3 is 5.97 Å². The van der Waals surface area contributed by atoms with Gasteiger partial charge in [-0.25, -0.2) is 0 Å². The molecule has 2 rings (SSSR count). The molecule has 0 aliphatic carbocycles. The predicted molar refractivity (Wildman–Crippen MR) is 80.6 cm³/mol. The summed E-state index contributed by atoms with van der Waals surface area (Å²) in [4.78, 5) is 11.6. The van der Waals surface area contributed by atoms with E-state index in [-0.39, 0.29) is 18.0 Å². The summed E-state index contributed by atoms with van der Waals surface area (Å²) < 4.78 is 5.53. The molecule has 2 heteroatoms. The van der Waals surface area contributed by atoms with E-state index in [4.69, 9.17) is 4.74 Å². The smallest absolute Gasteiger partial charge is 0.305 e. The summed E-state index contributed by atoms with van der Waals surface area (Å²) in [5, 5.41) is 0. The molecule has 2 aromatic carbocycles. The molecule has 0 fully saturated rings. The summed E-state index contributed by atoms with van der Waals surface area (Å²) >= 11 is 0. The number of carbonyl (C=O) groups excluding carboxylic acids is 1. The average Bonchev–Trinajstić information content (AvgIpc) is 2.49. The average molecular weight is 268 g/mol. The second-order valence-corrected chi connectivity index (χ2v) is 4.85. The van der Waals surface area contributed by atoms with Crippen molar-refractivity contribution in [2.45, 2.75) is 32.3 Å². The maximum Gasteiger partial charge on any atom is 0.305 e. The van der Waals surface area contributed by atoms with Gasteiger partial charge in [0.05, 0.1) is 0 Å². The summed E-state index contributed by atoms with van der Waals surface area (Å²) in [5.74, 6) is -0.0951. The van der Waals surface area contributed by atoms with Crippen molar-refractivity contribution in [1.82, 2.24) is 0 Å². The summed E-state index contributed by atoms with van der Waals surface area (Å²) in [6, 6.07) is 20.4. The van der Waals surface area contributed by atoms with Crippen molar-refractivity contribution in [1.29, 1.82) is 0 Å². The molecule has 104 valence electrons. The summed E-state index contributed by atoms with van der Waals surface area (Å²) in [7, 11) is 0. The quantitative estimate of drug-likeness (QED) is 0.761. The third-order valence-corrected chi connectivity index (χ3v) is 3.39. The molecule has 0 unspecified atom stereocenters. The molecule has 0 bridgehead atoms. The number of rotatable bonds is 5. The van der Waals surface area contributed by atoms with E-state index in [1.165, 1.54) is 0 Å². The topological polar surface area (TPSA) is 26.3 Å². The molecule has 1 atom stereocenters. The Balaban J connectivity index is 2.32. The fourth-order valence-corrected chi connectivity index (χ4v) is 2.41. The largest absolute Gasteiger partial charge is 0.462 e. The van der Waals surface area contributed by atoms with Gasteiger partial charge < -0.3 is 4.74 Å². The first-order valence-electron chi connectivity index (χ1n) is 7.01. The second kappa shape index (κ2) is 6.90. The van der Waals surface area contributed by atoms with Crippen LogP contribution < -0.4 is 0 Å². The Morgan fingerprint density at radius 2 is 1.40 bits per heavy atom. The van der Waals surface area contributed by atoms with Crippen molar-refractivity contribution in [3.05, 3.63) is 71.8 Å². The predicted octanol–water partition coefficient (Wildman–Crippen LogP) is 4.16. The monoisotopic (exact) mass is 268 g/mol. The highest BCUT2D eigenvalue weighted by atomic mass is 16.5. The lowest BCUT2D eigenvalue weighted by atomic mass is 9.87. The molecule has 0 aromatic heterocycles. The Morgan fingerprint density at radius 1 is 0.950 bits per heavy atom. The van der Waals surface area contributed by atoms with Crippen LogP contribution in [0.4, 0.5) is 0 Å². The van der Waals surface area contributed by atoms with Gasteiger partial charge in [0, 0.05) is 12.3 Å². The molecule has 0 radical (unpaired) electrons. The molecular weight excluding hydrogens is 248 g/mol. The van der Waals surface area contributed by atoms with Crippen molar-refractivity contribution in [2.75, 3.05) is 0 Å². The van der Waals surface area contributed by atoms with E-state index in [1.54, 1.807) is 0 Å². The zero-order chi connectivity index (χ0) is 14.4. The molecule has 0 aliphatic heterocycles. The molecule has 2 nitrogen and oxygen atoms in total. The highest BCUT2D eigenvalue weighted by Gasteiger charge is 2.23. The summed E-state index contributed by atoms with van der Waals surface area (Å²) in [6.07, 6.45) is 0.216. The van der Waals surface area contributed by atoms with Crippen LogP contribution in [0.1, 0.15) is 37.3 Å². The molecule has 0 aliphatic rings. The molecule has 20 heavy (non-hydrogen) atoms. The van der Waals surface area contributed by atoms with Crippen LogP contribution in [0, 0.1) is 0 Å². The van der Waals surface area contributed by atoms with Crippen LogP contribution in [-0.2, 0) is 9.53 Å². The molecule has 0 N–H and O–H groups in total. The molecule has 0 heterocycles. The van der Waals surface area contributed by atoms with E-state index >= 15 is 0 Å². The minimum Gasteiger partial charge on any atom is -0.462 e. The van der Waals surface area contributed by atoms with Gasteiger partial charge in [-0.3, -0.25) is 4.79 Å². The Kier molecular flexibility index (Phi) is 4.94. The first-order chi connectivity index (χ1) is 9.72. The molecule has 0 saturated carbocycles. The first kappa shape index (κ1) is 14.3. The van der Waals surface area contributed by atoms with Crippen molar-refractivity contribution in [3.63, 3.8) is 0 Å². The van der Waals surface area contributed by atoms with E-state index in [9.17, 15) is 4.79 Å². The Labute approximate surface area is 120 Å². The van der Waals surface area contributed by atoms with Crippen LogP contribution in [-0.4, -0.2) is 12.1 Å². The number of hydrogen-bond acceptors (Lipinski definition) is 2. The van der Waals surface area contributed by atoms with E-state index in [0.717, 1.165) is 11.1 Å². The normalized spacial score (nSPS) is 12.2. The van der Waals surface area contributed by atoms with Gasteiger partial charge in [-0.1, -0.05) is 67.6 Å². The summed E-state index contributed by atoms with van der Waals surface area (Å²) in [6.45, 7) is 3.77. The van der Waals surface area contributed by atoms with E-state index < -0.39 is 0 Å². The summed E-state index contributed by atoms with van der Waals surface area (Å²) in [5.41, 5.74) is 2.32. The van der Waals surface area contributed by atoms with Gasteiger partial charge in [-0.2, -0.15) is 0 Å². The minimum atomic E-state index is -0.188. The molecule has 0 amide bonds. The minimum absolute atomic E-state index is 0.0629. The maximum absolute atomic E-state index is 11.6. The number of benzene rings is 2. The number of ether oxygens (including phenoxy) is 1. The second-order valence-electron chi connectivity index (χ2n) is 4.85. The van der Waals surface area contributed by atoms with Gasteiger partial charge in [0.2, 0.25) is 0 Å². The van der Waals surface area contributed by atoms with Crippen molar-refractivity contribution in [3.8, 4) is 0 Å². The van der Waals surface area contributed by atoms with Gasteiger partial charge in [0.25, 0.3) is 0 Å². The fraction of sp³-hybridized carbons (Fsp3) is 0.278.